The van der Waals surface area contributed by atoms with Gasteiger partial charge in [0.1, 0.15) is 6.04 Å². The van der Waals surface area contributed by atoms with E-state index >= 15 is 0 Å². The topological polar surface area (TPSA) is 69.7 Å². The van der Waals surface area contributed by atoms with Gasteiger partial charge < -0.3 is 15.1 Å². The number of carbonyl (C=O) groups excluding carboxylic acids is 3. The third-order valence-corrected chi connectivity index (χ3v) is 4.78. The van der Waals surface area contributed by atoms with Crippen LogP contribution >= 0.6 is 0 Å². The smallest absolute Gasteiger partial charge is 0.243 e. The van der Waals surface area contributed by atoms with Crippen LogP contribution in [0.25, 0.3) is 0 Å². The second kappa shape index (κ2) is 7.99. The van der Waals surface area contributed by atoms with Gasteiger partial charge in [-0.3, -0.25) is 14.4 Å². The summed E-state index contributed by atoms with van der Waals surface area (Å²) in [7, 11) is 0. The molecule has 2 aliphatic heterocycles. The van der Waals surface area contributed by atoms with Gasteiger partial charge in [-0.2, -0.15) is 0 Å². The fourth-order valence-electron chi connectivity index (χ4n) is 3.67. The molecule has 136 valence electrons. The summed E-state index contributed by atoms with van der Waals surface area (Å²) in [6.07, 6.45) is 3.15. The van der Waals surface area contributed by atoms with E-state index in [9.17, 15) is 14.4 Å². The number of nitrogens with one attached hydrogen (secondary N) is 1. The lowest BCUT2D eigenvalue weighted by atomic mass is 10.0. The zero-order valence-electron chi connectivity index (χ0n) is 15.4. The fraction of sp³-hybridized carbons (Fsp3) is 0.833. The van der Waals surface area contributed by atoms with Crippen molar-refractivity contribution in [2.24, 2.45) is 5.92 Å². The van der Waals surface area contributed by atoms with Gasteiger partial charge >= 0.3 is 0 Å². The van der Waals surface area contributed by atoms with Crippen molar-refractivity contribution < 1.29 is 14.4 Å². The number of piperidine rings is 1. The molecule has 1 unspecified atom stereocenters. The molecule has 2 aliphatic rings. The predicted octanol–water partition coefficient (Wildman–Crippen LogP) is 1.54. The van der Waals surface area contributed by atoms with Gasteiger partial charge in [0, 0.05) is 38.0 Å². The molecule has 2 saturated heterocycles. The van der Waals surface area contributed by atoms with Gasteiger partial charge in [0.2, 0.25) is 17.7 Å². The Labute approximate surface area is 144 Å². The van der Waals surface area contributed by atoms with Crippen molar-refractivity contribution in [3.63, 3.8) is 0 Å². The van der Waals surface area contributed by atoms with Crippen LogP contribution < -0.4 is 5.32 Å². The fourth-order valence-corrected chi connectivity index (χ4v) is 3.67. The molecule has 0 spiro atoms. The van der Waals surface area contributed by atoms with Crippen LogP contribution in [0.4, 0.5) is 0 Å². The molecular formula is C18H31N3O3. The largest absolute Gasteiger partial charge is 0.352 e. The minimum Gasteiger partial charge on any atom is -0.352 e. The molecule has 0 aromatic carbocycles. The molecule has 3 amide bonds. The van der Waals surface area contributed by atoms with Gasteiger partial charge in [-0.1, -0.05) is 13.8 Å². The maximum atomic E-state index is 12.4. The van der Waals surface area contributed by atoms with E-state index in [4.69, 9.17) is 0 Å². The van der Waals surface area contributed by atoms with Crippen LogP contribution in [0.5, 0.6) is 0 Å². The molecule has 6 nitrogen and oxygen atoms in total. The first-order chi connectivity index (χ1) is 11.3. The number of likely N-dealkylation sites (tertiary alicyclic amines) is 2. The molecule has 1 atom stereocenters. The quantitative estimate of drug-likeness (QED) is 0.827. The van der Waals surface area contributed by atoms with Crippen LogP contribution in [-0.2, 0) is 14.4 Å². The lowest BCUT2D eigenvalue weighted by Gasteiger charge is -2.39. The van der Waals surface area contributed by atoms with Crippen LogP contribution in [0.2, 0.25) is 0 Å². The van der Waals surface area contributed by atoms with Gasteiger partial charge in [-0.05, 0) is 39.0 Å². The van der Waals surface area contributed by atoms with E-state index in [1.807, 2.05) is 32.6 Å². The zero-order chi connectivity index (χ0) is 17.9. The van der Waals surface area contributed by atoms with Gasteiger partial charge in [0.25, 0.3) is 0 Å². The van der Waals surface area contributed by atoms with E-state index in [0.29, 0.717) is 38.3 Å². The van der Waals surface area contributed by atoms with Gasteiger partial charge in [0.15, 0.2) is 0 Å². The second-order valence-electron chi connectivity index (χ2n) is 7.73. The molecule has 2 fully saturated rings. The average molecular weight is 337 g/mol. The van der Waals surface area contributed by atoms with Crippen LogP contribution in [0.1, 0.15) is 59.8 Å². The summed E-state index contributed by atoms with van der Waals surface area (Å²) < 4.78 is 0. The van der Waals surface area contributed by atoms with Crippen molar-refractivity contribution in [3.05, 3.63) is 0 Å². The average Bonchev–Trinajstić information content (AvgIpc) is 2.88. The Morgan fingerprint density at radius 1 is 1.12 bits per heavy atom. The number of rotatable bonds is 5. The van der Waals surface area contributed by atoms with Crippen molar-refractivity contribution in [2.75, 3.05) is 13.1 Å². The Balaban J connectivity index is 1.95. The highest BCUT2D eigenvalue weighted by Gasteiger charge is 2.41. The van der Waals surface area contributed by atoms with E-state index < -0.39 is 0 Å². The first-order valence-corrected chi connectivity index (χ1v) is 9.19. The van der Waals surface area contributed by atoms with E-state index in [-0.39, 0.29) is 35.8 Å². The molecule has 0 aliphatic carbocycles. The van der Waals surface area contributed by atoms with E-state index in [2.05, 4.69) is 5.32 Å². The Hall–Kier alpha value is -1.59. The van der Waals surface area contributed by atoms with Crippen LogP contribution in [0.3, 0.4) is 0 Å². The maximum Gasteiger partial charge on any atom is 0.243 e. The first kappa shape index (κ1) is 18.7. The van der Waals surface area contributed by atoms with E-state index in [1.165, 1.54) is 0 Å². The molecule has 0 aromatic rings. The second-order valence-corrected chi connectivity index (χ2v) is 7.73. The molecular weight excluding hydrogens is 306 g/mol. The number of carbonyl (C=O) groups is 3. The Bertz CT molecular complexity index is 482. The highest BCUT2D eigenvalue weighted by atomic mass is 16.2. The number of hydrogen-bond donors (Lipinski definition) is 1. The Morgan fingerprint density at radius 2 is 1.75 bits per heavy atom. The summed E-state index contributed by atoms with van der Waals surface area (Å²) in [6, 6.07) is -0.195. The Morgan fingerprint density at radius 3 is 2.29 bits per heavy atom. The van der Waals surface area contributed by atoms with Gasteiger partial charge in [-0.15, -0.1) is 0 Å². The third-order valence-electron chi connectivity index (χ3n) is 4.78. The zero-order valence-corrected chi connectivity index (χ0v) is 15.4. The summed E-state index contributed by atoms with van der Waals surface area (Å²) in [4.78, 5) is 40.6. The molecule has 2 heterocycles. The molecule has 0 saturated carbocycles. The van der Waals surface area contributed by atoms with Crippen LogP contribution in [0, 0.1) is 5.92 Å². The number of hydrogen-bond acceptors (Lipinski definition) is 3. The third kappa shape index (κ3) is 4.48. The van der Waals surface area contributed by atoms with E-state index in [0.717, 1.165) is 12.8 Å². The molecule has 0 bridgehead atoms. The lowest BCUT2D eigenvalue weighted by molar-refractivity contribution is -0.140. The van der Waals surface area contributed by atoms with E-state index in [1.54, 1.807) is 4.90 Å². The summed E-state index contributed by atoms with van der Waals surface area (Å²) in [5.41, 5.74) is 0. The molecule has 6 heteroatoms. The van der Waals surface area contributed by atoms with Crippen molar-refractivity contribution in [1.82, 2.24) is 15.1 Å². The lowest BCUT2D eigenvalue weighted by Crippen LogP contribution is -2.54. The summed E-state index contributed by atoms with van der Waals surface area (Å²) in [5, 5.41) is 2.93. The standard InChI is InChI=1S/C18H31N3O3/c1-12(2)11-17(23)20-9-7-14(8-10-20)21-15(5-6-16(21)22)18(24)19-13(3)4/h12-15H,5-11H2,1-4H3,(H,19,24). The highest BCUT2D eigenvalue weighted by molar-refractivity contribution is 5.91. The normalized spacial score (nSPS) is 22.6. The minimum atomic E-state index is -0.345. The predicted molar refractivity (Wildman–Crippen MR) is 92.2 cm³/mol. The Kier molecular flexibility index (Phi) is 6.24. The van der Waals surface area contributed by atoms with Crippen LogP contribution in [0.15, 0.2) is 0 Å². The van der Waals surface area contributed by atoms with Crippen molar-refractivity contribution in [2.45, 2.75) is 77.9 Å². The van der Waals surface area contributed by atoms with Crippen LogP contribution in [-0.4, -0.2) is 58.7 Å². The molecule has 24 heavy (non-hydrogen) atoms. The summed E-state index contributed by atoms with van der Waals surface area (Å²) in [6.45, 7) is 9.31. The highest BCUT2D eigenvalue weighted by Crippen LogP contribution is 2.27. The number of amides is 3. The first-order valence-electron chi connectivity index (χ1n) is 9.19. The number of nitrogens with zero attached hydrogens (tertiary/aromatic N) is 2. The van der Waals surface area contributed by atoms with Crippen molar-refractivity contribution in [3.8, 4) is 0 Å². The van der Waals surface area contributed by atoms with Gasteiger partial charge in [0.05, 0.1) is 0 Å². The maximum absolute atomic E-state index is 12.4. The molecule has 0 radical (unpaired) electrons. The van der Waals surface area contributed by atoms with Crippen molar-refractivity contribution in [1.29, 1.82) is 0 Å². The SMILES string of the molecule is CC(C)CC(=O)N1CCC(N2C(=O)CCC2C(=O)NC(C)C)CC1. The minimum absolute atomic E-state index is 0.0471. The van der Waals surface area contributed by atoms with Crippen molar-refractivity contribution >= 4 is 17.7 Å². The summed E-state index contributed by atoms with van der Waals surface area (Å²) >= 11 is 0. The van der Waals surface area contributed by atoms with Gasteiger partial charge in [-0.25, -0.2) is 0 Å². The monoisotopic (exact) mass is 337 g/mol. The molecule has 0 aromatic heterocycles. The molecule has 1 N–H and O–H groups in total. The summed E-state index contributed by atoms with van der Waals surface area (Å²) in [5.74, 6) is 0.588. The molecule has 2 rings (SSSR count).